The van der Waals surface area contributed by atoms with E-state index in [1.165, 1.54) is 89.7 Å². The quantitative estimate of drug-likeness (QED) is 0.130. The number of nitrogens with one attached hydrogen (secondary N) is 2. The number of carbonyl (C=O) groups excluding carboxylic acids is 1. The van der Waals surface area contributed by atoms with Crippen LogP contribution in [0, 0.1) is 69.2 Å². The third-order valence-corrected chi connectivity index (χ3v) is 10.2. The third kappa shape index (κ3) is 12.9. The molecule has 4 rings (SSSR count). The van der Waals surface area contributed by atoms with Crippen molar-refractivity contribution < 1.29 is 23.5 Å². The van der Waals surface area contributed by atoms with Crippen LogP contribution in [0.25, 0.3) is 0 Å². The second-order valence-corrected chi connectivity index (χ2v) is 13.4. The zero-order chi connectivity index (χ0) is 39.6. The summed E-state index contributed by atoms with van der Waals surface area (Å²) in [5.74, 6) is 0.184. The Bertz CT molecular complexity index is 1760. The van der Waals surface area contributed by atoms with Crippen LogP contribution in [-0.4, -0.2) is 77.4 Å². The summed E-state index contributed by atoms with van der Waals surface area (Å²) in [6.45, 7) is 30.4. The average molecular weight is 875 g/mol. The second kappa shape index (κ2) is 24.4. The Morgan fingerprint density at radius 2 is 0.818 bits per heavy atom. The molecular formula is C41H71InN6O7. The van der Waals surface area contributed by atoms with E-state index in [0.717, 1.165) is 0 Å². The van der Waals surface area contributed by atoms with Gasteiger partial charge in [-0.3, -0.25) is 18.2 Å². The van der Waals surface area contributed by atoms with Gasteiger partial charge in [-0.25, -0.2) is 20.5 Å². The Kier molecular flexibility index (Phi) is 23.8. The molecule has 2 aromatic heterocycles. The van der Waals surface area contributed by atoms with Gasteiger partial charge in [0, 0.05) is 27.2 Å². The summed E-state index contributed by atoms with van der Waals surface area (Å²) in [6.07, 6.45) is 0. The number of hydrogen-bond acceptors (Lipinski definition) is 11. The van der Waals surface area contributed by atoms with Gasteiger partial charge in [0.05, 0.1) is 25.0 Å². The van der Waals surface area contributed by atoms with Gasteiger partial charge in [0.15, 0.2) is 11.6 Å². The van der Waals surface area contributed by atoms with Gasteiger partial charge in [0.1, 0.15) is 5.78 Å². The van der Waals surface area contributed by atoms with Gasteiger partial charge in [-0.1, -0.05) is 25.2 Å². The maximum absolute atomic E-state index is 11.7. The molecule has 13 nitrogen and oxygen atoms in total. The molecule has 0 saturated heterocycles. The predicted molar refractivity (Wildman–Crippen MR) is 226 cm³/mol. The van der Waals surface area contributed by atoms with Crippen molar-refractivity contribution >= 4 is 31.6 Å². The van der Waals surface area contributed by atoms with Crippen LogP contribution in [-0.2, 0) is 28.6 Å². The number of rotatable bonds is 12. The normalized spacial score (nSPS) is 11.5. The molecule has 0 aliphatic carbocycles. The van der Waals surface area contributed by atoms with E-state index in [2.05, 4.69) is 90.5 Å². The Labute approximate surface area is 347 Å². The molecular weight excluding hydrogens is 803 g/mol. The molecule has 2 heterocycles. The molecule has 310 valence electrons. The van der Waals surface area contributed by atoms with E-state index in [0.29, 0.717) is 38.0 Å². The first-order valence-electron chi connectivity index (χ1n) is 17.7. The Balaban J connectivity index is 0. The van der Waals surface area contributed by atoms with E-state index < -0.39 is 11.5 Å². The molecule has 0 radical (unpaired) electrons. The van der Waals surface area contributed by atoms with E-state index in [9.17, 15) is 14.4 Å². The summed E-state index contributed by atoms with van der Waals surface area (Å²) < 4.78 is 12.6. The van der Waals surface area contributed by atoms with Gasteiger partial charge >= 0.3 is 37.4 Å². The zero-order valence-corrected chi connectivity index (χ0v) is 34.1. The van der Waals surface area contributed by atoms with Gasteiger partial charge in [-0.2, -0.15) is 0 Å². The molecule has 2 aromatic carbocycles. The van der Waals surface area contributed by atoms with E-state index in [1.54, 1.807) is 14.1 Å². The second-order valence-electron chi connectivity index (χ2n) is 13.4. The molecule has 55 heavy (non-hydrogen) atoms. The van der Waals surface area contributed by atoms with Crippen molar-refractivity contribution in [2.45, 2.75) is 124 Å². The monoisotopic (exact) mass is 874 g/mol. The minimum atomic E-state index is -0.456. The van der Waals surface area contributed by atoms with Crippen molar-refractivity contribution in [3.8, 4) is 0 Å². The van der Waals surface area contributed by atoms with Crippen molar-refractivity contribution in [2.24, 2.45) is 14.1 Å². The number of Topliss-reactive ketones (excluding diaryl/α,β-unsaturated/α-hetero) is 1. The first-order chi connectivity index (χ1) is 24.3. The SMILES string of the molecule is C.C.CC(C)=O.CCONCC(c1c(C)c(C)c(C)c(C)c1C)c1noc(=O)n1C.CCONCC(c1c(C)c(C)c(C)c(C)c1C)c1noc(=O)n1C.[InH3]. The average Bonchev–Trinajstić information content (AvgIpc) is 3.61. The number of nitrogens with zero attached hydrogens (tertiary/aromatic N) is 4. The van der Waals surface area contributed by atoms with Crippen LogP contribution < -0.4 is 22.5 Å². The standard InChI is InChI=1S/2C18H27N3O3.C3H6O.2CH4.In.3H/c2*1-8-23-19-9-15(17-20-24-18(22)21(17)7)16-13(5)11(3)10(2)12(4)14(16)6;1-3(2)4;;;;;;/h2*15,19H,8-9H2,1-7H3;1-2H3;2*1H4;;;;. The Morgan fingerprint density at radius 1 is 0.582 bits per heavy atom. The first-order valence-corrected chi connectivity index (χ1v) is 17.7. The molecule has 0 spiro atoms. The maximum atomic E-state index is 11.7. The van der Waals surface area contributed by atoms with Gasteiger partial charge in [-0.05, 0) is 164 Å². The van der Waals surface area contributed by atoms with Crippen molar-refractivity contribution in [3.05, 3.63) is 99.5 Å². The minimum absolute atomic E-state index is 0. The molecule has 0 aliphatic heterocycles. The van der Waals surface area contributed by atoms with Crippen LogP contribution in [0.2, 0.25) is 0 Å². The van der Waals surface area contributed by atoms with Crippen LogP contribution in [0.15, 0.2) is 18.6 Å². The summed E-state index contributed by atoms with van der Waals surface area (Å²) in [5, 5.41) is 8.03. The summed E-state index contributed by atoms with van der Waals surface area (Å²) in [5.41, 5.74) is 20.8. The van der Waals surface area contributed by atoms with Gasteiger partial charge in [0.2, 0.25) is 0 Å². The van der Waals surface area contributed by atoms with Crippen molar-refractivity contribution in [3.63, 3.8) is 0 Å². The predicted octanol–water partition coefficient (Wildman–Crippen LogP) is 5.86. The molecule has 2 N–H and O–H groups in total. The van der Waals surface area contributed by atoms with Gasteiger partial charge in [0.25, 0.3) is 0 Å². The molecule has 0 bridgehead atoms. The molecule has 0 aliphatic rings. The van der Waals surface area contributed by atoms with Crippen molar-refractivity contribution in [1.29, 1.82) is 0 Å². The number of hydrogen-bond donors (Lipinski definition) is 2. The van der Waals surface area contributed by atoms with Crippen LogP contribution in [0.4, 0.5) is 0 Å². The molecule has 2 unspecified atom stereocenters. The number of carbonyl (C=O) groups is 1. The van der Waals surface area contributed by atoms with Crippen molar-refractivity contribution in [1.82, 2.24) is 30.4 Å². The Morgan fingerprint density at radius 3 is 1.02 bits per heavy atom. The third-order valence-electron chi connectivity index (χ3n) is 10.2. The zero-order valence-electron chi connectivity index (χ0n) is 34.1. The number of aromatic nitrogens is 4. The van der Waals surface area contributed by atoms with E-state index >= 15 is 0 Å². The number of ketones is 1. The van der Waals surface area contributed by atoms with Crippen molar-refractivity contribution in [2.75, 3.05) is 26.3 Å². The molecule has 2 atom stereocenters. The molecule has 4 aromatic rings. The molecule has 14 heteroatoms. The van der Waals surface area contributed by atoms with Gasteiger partial charge in [-0.15, -0.1) is 0 Å². The topological polar surface area (TPSA) is 156 Å². The number of hydroxylamine groups is 2. The van der Waals surface area contributed by atoms with Crippen LogP contribution in [0.3, 0.4) is 0 Å². The van der Waals surface area contributed by atoms with Crippen LogP contribution >= 0.6 is 0 Å². The summed E-state index contributed by atoms with van der Waals surface area (Å²) in [7, 11) is 3.36. The summed E-state index contributed by atoms with van der Waals surface area (Å²) in [6, 6.07) is 0. The van der Waals surface area contributed by atoms with Gasteiger partial charge < -0.3 is 14.5 Å². The fraction of sp³-hybridized carbons (Fsp3) is 0.585. The van der Waals surface area contributed by atoms with E-state index in [1.807, 2.05) is 13.8 Å². The fourth-order valence-electron chi connectivity index (χ4n) is 6.44. The van der Waals surface area contributed by atoms with Crippen LogP contribution in [0.1, 0.15) is 133 Å². The first kappa shape index (κ1) is 53.8. The fourth-order valence-corrected chi connectivity index (χ4v) is 6.44. The molecule has 0 amide bonds. The number of benzene rings is 2. The van der Waals surface area contributed by atoms with E-state index in [-0.39, 0.29) is 58.3 Å². The summed E-state index contributed by atoms with van der Waals surface area (Å²) >= 11 is 0. The molecule has 0 saturated carbocycles. The van der Waals surface area contributed by atoms with E-state index in [4.69, 9.17) is 18.7 Å². The molecule has 0 fully saturated rings. The van der Waals surface area contributed by atoms with Crippen LogP contribution in [0.5, 0.6) is 0 Å². The summed E-state index contributed by atoms with van der Waals surface area (Å²) in [4.78, 5) is 43.6. The Hall–Kier alpha value is -3.30.